The summed E-state index contributed by atoms with van der Waals surface area (Å²) in [5, 5.41) is 9.50. The van der Waals surface area contributed by atoms with Crippen LogP contribution in [0, 0.1) is 11.6 Å². The summed E-state index contributed by atoms with van der Waals surface area (Å²) in [6, 6.07) is 2.16. The van der Waals surface area contributed by atoms with Gasteiger partial charge in [-0.25, -0.2) is 8.78 Å². The maximum atomic E-state index is 13.4. The summed E-state index contributed by atoms with van der Waals surface area (Å²) in [6.45, 7) is 0.501. The number of anilines is 1. The van der Waals surface area contributed by atoms with Crippen molar-refractivity contribution in [3.8, 4) is 11.3 Å². The van der Waals surface area contributed by atoms with Gasteiger partial charge >= 0.3 is 0 Å². The van der Waals surface area contributed by atoms with Crippen molar-refractivity contribution in [2.75, 3.05) is 5.32 Å². The Labute approximate surface area is 84.1 Å². The number of aromatic amines is 1. The molecule has 0 spiro atoms. The predicted octanol–water partition coefficient (Wildman–Crippen LogP) is 2.28. The van der Waals surface area contributed by atoms with Gasteiger partial charge in [0.05, 0.1) is 17.6 Å². The minimum absolute atomic E-state index is 0.327. The Hall–Kier alpha value is -1.91. The molecule has 2 heterocycles. The van der Waals surface area contributed by atoms with Crippen LogP contribution in [0.5, 0.6) is 0 Å². The molecule has 1 aliphatic rings. The smallest absolute Gasteiger partial charge is 0.149 e. The Morgan fingerprint density at radius 2 is 2.13 bits per heavy atom. The molecule has 2 N–H and O–H groups in total. The van der Waals surface area contributed by atoms with Crippen molar-refractivity contribution >= 4 is 5.69 Å². The number of nitrogens with one attached hydrogen (secondary N) is 2. The summed E-state index contributed by atoms with van der Waals surface area (Å²) in [5.74, 6) is -1.17. The van der Waals surface area contributed by atoms with Crippen LogP contribution in [0.2, 0.25) is 0 Å². The Kier molecular flexibility index (Phi) is 1.56. The fraction of sp³-hybridized carbons (Fsp3) is 0.100. The second-order valence-corrected chi connectivity index (χ2v) is 3.43. The van der Waals surface area contributed by atoms with E-state index in [9.17, 15) is 8.78 Å². The van der Waals surface area contributed by atoms with Crippen LogP contribution in [-0.4, -0.2) is 10.2 Å². The normalized spacial score (nSPS) is 12.9. The van der Waals surface area contributed by atoms with Crippen molar-refractivity contribution in [2.24, 2.45) is 0 Å². The Morgan fingerprint density at radius 1 is 1.27 bits per heavy atom. The predicted molar refractivity (Wildman–Crippen MR) is 51.3 cm³/mol. The number of H-pyrrole nitrogens is 1. The Balaban J connectivity index is 2.32. The zero-order valence-electron chi connectivity index (χ0n) is 7.64. The van der Waals surface area contributed by atoms with E-state index in [1.165, 1.54) is 6.07 Å². The Bertz CT molecular complexity index is 533. The van der Waals surface area contributed by atoms with Gasteiger partial charge in [-0.1, -0.05) is 0 Å². The molecule has 0 amide bonds. The molecule has 3 nitrogen and oxygen atoms in total. The lowest BCUT2D eigenvalue weighted by Gasteiger charge is -2.18. The summed E-state index contributed by atoms with van der Waals surface area (Å²) in [6.07, 6.45) is 1.65. The number of hydrogen-bond acceptors (Lipinski definition) is 2. The van der Waals surface area contributed by atoms with Crippen molar-refractivity contribution in [3.63, 3.8) is 0 Å². The van der Waals surface area contributed by atoms with E-state index in [4.69, 9.17) is 0 Å². The summed E-state index contributed by atoms with van der Waals surface area (Å²) in [7, 11) is 0. The van der Waals surface area contributed by atoms with Crippen molar-refractivity contribution in [2.45, 2.75) is 6.54 Å². The summed E-state index contributed by atoms with van der Waals surface area (Å²) in [4.78, 5) is 0. The minimum Gasteiger partial charge on any atom is -0.378 e. The van der Waals surface area contributed by atoms with Crippen LogP contribution in [0.1, 0.15) is 5.56 Å². The second-order valence-electron chi connectivity index (χ2n) is 3.43. The van der Waals surface area contributed by atoms with Crippen molar-refractivity contribution < 1.29 is 8.78 Å². The first kappa shape index (κ1) is 8.40. The molecule has 0 fully saturated rings. The SMILES string of the molecule is Fc1cc(F)c2c(c1)-c1[nH]ncc1CN2. The highest BCUT2D eigenvalue weighted by molar-refractivity contribution is 5.80. The maximum Gasteiger partial charge on any atom is 0.149 e. The van der Waals surface area contributed by atoms with Crippen LogP contribution in [0.3, 0.4) is 0 Å². The lowest BCUT2D eigenvalue weighted by molar-refractivity contribution is 0.585. The summed E-state index contributed by atoms with van der Waals surface area (Å²) in [5.41, 5.74) is 2.41. The average molecular weight is 207 g/mol. The molecular formula is C10H7F2N3. The van der Waals surface area contributed by atoms with Crippen molar-refractivity contribution in [3.05, 3.63) is 35.5 Å². The molecule has 2 aromatic rings. The standard InChI is InChI=1S/C10H7F2N3/c11-6-1-7-9-5(4-14-15-9)3-13-10(7)8(12)2-6/h1-2,4,13H,3H2,(H,14,15). The van der Waals surface area contributed by atoms with Crippen LogP contribution in [-0.2, 0) is 6.54 Å². The average Bonchev–Trinajstić information content (AvgIpc) is 2.65. The van der Waals surface area contributed by atoms with E-state index < -0.39 is 11.6 Å². The van der Waals surface area contributed by atoms with Gasteiger partial charge in [0.1, 0.15) is 11.6 Å². The molecule has 0 unspecified atom stereocenters. The number of aromatic nitrogens is 2. The number of halogens is 2. The monoisotopic (exact) mass is 207 g/mol. The Morgan fingerprint density at radius 3 is 3.00 bits per heavy atom. The van der Waals surface area contributed by atoms with E-state index in [1.54, 1.807) is 6.20 Å². The highest BCUT2D eigenvalue weighted by atomic mass is 19.1. The zero-order chi connectivity index (χ0) is 10.4. The molecular weight excluding hydrogens is 200 g/mol. The van der Waals surface area contributed by atoms with Gasteiger partial charge in [-0.15, -0.1) is 0 Å². The zero-order valence-corrected chi connectivity index (χ0v) is 7.64. The second kappa shape index (κ2) is 2.79. The largest absolute Gasteiger partial charge is 0.378 e. The van der Waals surface area contributed by atoms with Crippen molar-refractivity contribution in [1.29, 1.82) is 0 Å². The molecule has 15 heavy (non-hydrogen) atoms. The molecule has 0 radical (unpaired) electrons. The first-order valence-electron chi connectivity index (χ1n) is 4.51. The molecule has 76 valence electrons. The lowest BCUT2D eigenvalue weighted by Crippen LogP contribution is -2.09. The highest BCUT2D eigenvalue weighted by Crippen LogP contribution is 2.36. The molecule has 1 aromatic heterocycles. The third-order valence-electron chi connectivity index (χ3n) is 2.50. The van der Waals surface area contributed by atoms with Crippen molar-refractivity contribution in [1.82, 2.24) is 10.2 Å². The van der Waals surface area contributed by atoms with Gasteiger partial charge in [-0.3, -0.25) is 5.10 Å². The number of hydrogen-bond donors (Lipinski definition) is 2. The summed E-state index contributed by atoms with van der Waals surface area (Å²) >= 11 is 0. The number of rotatable bonds is 0. The van der Waals surface area contributed by atoms with E-state index in [-0.39, 0.29) is 0 Å². The molecule has 0 bridgehead atoms. The number of nitrogens with zero attached hydrogens (tertiary/aromatic N) is 1. The van der Waals surface area contributed by atoms with E-state index >= 15 is 0 Å². The van der Waals surface area contributed by atoms with Gasteiger partial charge in [0.25, 0.3) is 0 Å². The third kappa shape index (κ3) is 1.12. The van der Waals surface area contributed by atoms with Crippen LogP contribution in [0.15, 0.2) is 18.3 Å². The van der Waals surface area contributed by atoms with Crippen LogP contribution < -0.4 is 5.32 Å². The fourth-order valence-electron chi connectivity index (χ4n) is 1.81. The molecule has 5 heteroatoms. The molecule has 1 aliphatic heterocycles. The number of fused-ring (bicyclic) bond motifs is 3. The molecule has 0 aliphatic carbocycles. The molecule has 0 saturated carbocycles. The van der Waals surface area contributed by atoms with Gasteiger partial charge in [-0.2, -0.15) is 5.10 Å². The first-order valence-corrected chi connectivity index (χ1v) is 4.51. The van der Waals surface area contributed by atoms with E-state index in [2.05, 4.69) is 15.5 Å². The molecule has 3 rings (SSSR count). The fourth-order valence-corrected chi connectivity index (χ4v) is 1.81. The maximum absolute atomic E-state index is 13.4. The molecule has 0 saturated heterocycles. The highest BCUT2D eigenvalue weighted by Gasteiger charge is 2.21. The van der Waals surface area contributed by atoms with Gasteiger partial charge in [0, 0.05) is 23.7 Å². The van der Waals surface area contributed by atoms with Gasteiger partial charge in [-0.05, 0) is 6.07 Å². The third-order valence-corrected chi connectivity index (χ3v) is 2.50. The molecule has 0 atom stereocenters. The molecule has 1 aromatic carbocycles. The summed E-state index contributed by atoms with van der Waals surface area (Å²) < 4.78 is 26.4. The van der Waals surface area contributed by atoms with E-state index in [1.807, 2.05) is 0 Å². The minimum atomic E-state index is -0.587. The van der Waals surface area contributed by atoms with Crippen LogP contribution in [0.4, 0.5) is 14.5 Å². The van der Waals surface area contributed by atoms with Gasteiger partial charge < -0.3 is 5.32 Å². The van der Waals surface area contributed by atoms with E-state index in [0.29, 0.717) is 23.5 Å². The van der Waals surface area contributed by atoms with Gasteiger partial charge in [0.15, 0.2) is 0 Å². The quantitative estimate of drug-likeness (QED) is 0.695. The number of benzene rings is 1. The van der Waals surface area contributed by atoms with E-state index in [0.717, 1.165) is 11.6 Å². The van der Waals surface area contributed by atoms with Crippen LogP contribution >= 0.6 is 0 Å². The first-order chi connectivity index (χ1) is 7.25. The van der Waals surface area contributed by atoms with Crippen LogP contribution in [0.25, 0.3) is 11.3 Å². The lowest BCUT2D eigenvalue weighted by atomic mass is 10.0. The topological polar surface area (TPSA) is 40.7 Å². The van der Waals surface area contributed by atoms with Gasteiger partial charge in [0.2, 0.25) is 0 Å².